The highest BCUT2D eigenvalue weighted by Gasteiger charge is 2.15. The number of hydrogen-bond acceptors (Lipinski definition) is 4. The first-order valence-corrected chi connectivity index (χ1v) is 6.40. The molecule has 2 heterocycles. The number of ether oxygens (including phenoxy) is 1. The second-order valence-electron chi connectivity index (χ2n) is 4.46. The van der Waals surface area contributed by atoms with Gasteiger partial charge in [-0.05, 0) is 17.7 Å². The fourth-order valence-electron chi connectivity index (χ4n) is 1.98. The van der Waals surface area contributed by atoms with Crippen molar-refractivity contribution in [1.29, 1.82) is 0 Å². The smallest absolute Gasteiger partial charge is 0.358 e. The molecule has 0 radical (unpaired) electrons. The van der Waals surface area contributed by atoms with Crippen molar-refractivity contribution in [3.63, 3.8) is 0 Å². The summed E-state index contributed by atoms with van der Waals surface area (Å²) in [5.41, 5.74) is 1.98. The molecule has 21 heavy (non-hydrogen) atoms. The standard InChI is InChI=1S/C16H12N2O3/c19-16(20)15-14(21-10-11-5-2-1-3-6-11)9-13-12(18-15)7-4-8-17-13/h1-9H,10H2,(H,19,20). The molecule has 0 aliphatic carbocycles. The molecule has 0 aliphatic heterocycles. The van der Waals surface area contributed by atoms with E-state index in [1.165, 1.54) is 0 Å². The molecule has 0 bridgehead atoms. The van der Waals surface area contributed by atoms with Gasteiger partial charge in [0.1, 0.15) is 6.61 Å². The van der Waals surface area contributed by atoms with Crippen LogP contribution in [0.1, 0.15) is 16.1 Å². The van der Waals surface area contributed by atoms with Crippen LogP contribution in [0.15, 0.2) is 54.7 Å². The number of nitrogens with zero attached hydrogens (tertiary/aromatic N) is 2. The maximum atomic E-state index is 11.3. The highest BCUT2D eigenvalue weighted by Crippen LogP contribution is 2.22. The number of rotatable bonds is 4. The molecule has 0 spiro atoms. The number of aromatic carboxylic acids is 1. The van der Waals surface area contributed by atoms with Crippen molar-refractivity contribution >= 4 is 17.0 Å². The van der Waals surface area contributed by atoms with E-state index in [1.54, 1.807) is 24.4 Å². The number of benzene rings is 1. The molecule has 0 atom stereocenters. The van der Waals surface area contributed by atoms with E-state index in [-0.39, 0.29) is 18.1 Å². The molecular weight excluding hydrogens is 268 g/mol. The summed E-state index contributed by atoms with van der Waals surface area (Å²) in [6.45, 7) is 0.279. The zero-order valence-electron chi connectivity index (χ0n) is 11.1. The van der Waals surface area contributed by atoms with Crippen LogP contribution in [0.5, 0.6) is 5.75 Å². The molecule has 3 rings (SSSR count). The lowest BCUT2D eigenvalue weighted by Crippen LogP contribution is -2.06. The Hall–Kier alpha value is -2.95. The van der Waals surface area contributed by atoms with Gasteiger partial charge >= 0.3 is 5.97 Å². The van der Waals surface area contributed by atoms with Gasteiger partial charge in [-0.3, -0.25) is 4.98 Å². The molecule has 0 fully saturated rings. The summed E-state index contributed by atoms with van der Waals surface area (Å²) < 4.78 is 5.61. The highest BCUT2D eigenvalue weighted by atomic mass is 16.5. The summed E-state index contributed by atoms with van der Waals surface area (Å²) in [5.74, 6) is -0.902. The molecular formula is C16H12N2O3. The summed E-state index contributed by atoms with van der Waals surface area (Å²) in [5, 5.41) is 9.26. The second-order valence-corrected chi connectivity index (χ2v) is 4.46. The molecule has 0 saturated heterocycles. The Kier molecular flexibility index (Phi) is 3.47. The number of hydrogen-bond donors (Lipinski definition) is 1. The molecule has 0 saturated carbocycles. The van der Waals surface area contributed by atoms with Crippen LogP contribution in [0.3, 0.4) is 0 Å². The normalized spacial score (nSPS) is 10.5. The predicted octanol–water partition coefficient (Wildman–Crippen LogP) is 2.91. The zero-order valence-corrected chi connectivity index (χ0v) is 11.1. The Balaban J connectivity index is 1.96. The van der Waals surface area contributed by atoms with Crippen molar-refractivity contribution < 1.29 is 14.6 Å². The number of carboxylic acids is 1. The van der Waals surface area contributed by atoms with Crippen molar-refractivity contribution in [1.82, 2.24) is 9.97 Å². The summed E-state index contributed by atoms with van der Waals surface area (Å²) in [6, 6.07) is 14.6. The second kappa shape index (κ2) is 5.58. The number of pyridine rings is 2. The van der Waals surface area contributed by atoms with Crippen LogP contribution in [0.4, 0.5) is 0 Å². The average Bonchev–Trinajstić information content (AvgIpc) is 2.53. The highest BCUT2D eigenvalue weighted by molar-refractivity contribution is 5.92. The lowest BCUT2D eigenvalue weighted by Gasteiger charge is -2.09. The van der Waals surface area contributed by atoms with Gasteiger partial charge in [0.05, 0.1) is 11.0 Å². The monoisotopic (exact) mass is 280 g/mol. The largest absolute Gasteiger partial charge is 0.486 e. The zero-order chi connectivity index (χ0) is 14.7. The van der Waals surface area contributed by atoms with E-state index in [9.17, 15) is 9.90 Å². The minimum Gasteiger partial charge on any atom is -0.486 e. The van der Waals surface area contributed by atoms with Gasteiger partial charge in [0.25, 0.3) is 0 Å². The van der Waals surface area contributed by atoms with Crippen LogP contribution in [0.2, 0.25) is 0 Å². The van der Waals surface area contributed by atoms with Crippen LogP contribution in [-0.2, 0) is 6.61 Å². The van der Waals surface area contributed by atoms with Gasteiger partial charge in [-0.1, -0.05) is 30.3 Å². The van der Waals surface area contributed by atoms with E-state index < -0.39 is 5.97 Å². The van der Waals surface area contributed by atoms with Gasteiger partial charge in [-0.15, -0.1) is 0 Å². The quantitative estimate of drug-likeness (QED) is 0.795. The fourth-order valence-corrected chi connectivity index (χ4v) is 1.98. The van der Waals surface area contributed by atoms with Crippen LogP contribution in [-0.4, -0.2) is 21.0 Å². The molecule has 5 nitrogen and oxygen atoms in total. The third-order valence-electron chi connectivity index (χ3n) is 2.99. The van der Waals surface area contributed by atoms with Crippen molar-refractivity contribution in [3.05, 3.63) is 66.0 Å². The van der Waals surface area contributed by atoms with E-state index >= 15 is 0 Å². The summed E-state index contributed by atoms with van der Waals surface area (Å²) in [6.07, 6.45) is 1.63. The Morgan fingerprint density at radius 2 is 1.90 bits per heavy atom. The van der Waals surface area contributed by atoms with Crippen LogP contribution >= 0.6 is 0 Å². The number of carbonyl (C=O) groups is 1. The first-order chi connectivity index (χ1) is 10.2. The van der Waals surface area contributed by atoms with E-state index in [1.807, 2.05) is 30.3 Å². The third kappa shape index (κ3) is 2.81. The Labute approximate surface area is 120 Å². The molecule has 104 valence electrons. The summed E-state index contributed by atoms with van der Waals surface area (Å²) in [4.78, 5) is 19.6. The predicted molar refractivity (Wildman–Crippen MR) is 77.3 cm³/mol. The molecule has 1 aromatic carbocycles. The van der Waals surface area contributed by atoms with E-state index in [2.05, 4.69) is 9.97 Å². The van der Waals surface area contributed by atoms with E-state index in [0.29, 0.717) is 11.0 Å². The number of fused-ring (bicyclic) bond motifs is 1. The molecule has 0 amide bonds. The number of aromatic nitrogens is 2. The van der Waals surface area contributed by atoms with Gasteiger partial charge < -0.3 is 9.84 Å². The summed E-state index contributed by atoms with van der Waals surface area (Å²) in [7, 11) is 0. The van der Waals surface area contributed by atoms with Crippen molar-refractivity contribution in [2.75, 3.05) is 0 Å². The van der Waals surface area contributed by atoms with Crippen molar-refractivity contribution in [2.45, 2.75) is 6.61 Å². The topological polar surface area (TPSA) is 72.3 Å². The molecule has 3 aromatic rings. The molecule has 2 aromatic heterocycles. The van der Waals surface area contributed by atoms with Crippen LogP contribution < -0.4 is 4.74 Å². The van der Waals surface area contributed by atoms with Crippen LogP contribution in [0, 0.1) is 0 Å². The van der Waals surface area contributed by atoms with E-state index in [0.717, 1.165) is 5.56 Å². The fraction of sp³-hybridized carbons (Fsp3) is 0.0625. The molecule has 0 unspecified atom stereocenters. The minimum atomic E-state index is -1.12. The average molecular weight is 280 g/mol. The first kappa shape index (κ1) is 13.1. The van der Waals surface area contributed by atoms with Gasteiger partial charge in [0.15, 0.2) is 11.4 Å². The number of carboxylic acid groups (broad SMARTS) is 1. The van der Waals surface area contributed by atoms with Crippen molar-refractivity contribution in [3.8, 4) is 5.75 Å². The van der Waals surface area contributed by atoms with Gasteiger partial charge in [-0.2, -0.15) is 0 Å². The first-order valence-electron chi connectivity index (χ1n) is 6.40. The maximum absolute atomic E-state index is 11.3. The van der Waals surface area contributed by atoms with Crippen molar-refractivity contribution in [2.24, 2.45) is 0 Å². The lowest BCUT2D eigenvalue weighted by molar-refractivity contribution is 0.0685. The molecule has 0 aliphatic rings. The van der Waals surface area contributed by atoms with E-state index in [4.69, 9.17) is 4.74 Å². The Morgan fingerprint density at radius 3 is 2.67 bits per heavy atom. The van der Waals surface area contributed by atoms with Gasteiger partial charge in [0, 0.05) is 12.3 Å². The summed E-state index contributed by atoms with van der Waals surface area (Å²) >= 11 is 0. The Morgan fingerprint density at radius 1 is 1.10 bits per heavy atom. The Bertz CT molecular complexity index is 788. The lowest BCUT2D eigenvalue weighted by atomic mass is 10.2. The maximum Gasteiger partial charge on any atom is 0.358 e. The van der Waals surface area contributed by atoms with Gasteiger partial charge in [-0.25, -0.2) is 9.78 Å². The molecule has 1 N–H and O–H groups in total. The SMILES string of the molecule is O=C(O)c1nc2cccnc2cc1OCc1ccccc1. The molecule has 5 heteroatoms. The van der Waals surface area contributed by atoms with Crippen LogP contribution in [0.25, 0.3) is 11.0 Å². The minimum absolute atomic E-state index is 0.105. The third-order valence-corrected chi connectivity index (χ3v) is 2.99. The van der Waals surface area contributed by atoms with Gasteiger partial charge in [0.2, 0.25) is 0 Å².